The molecule has 1 aliphatic rings. The molecule has 1 saturated heterocycles. The Morgan fingerprint density at radius 2 is 1.61 bits per heavy atom. The second-order valence-corrected chi connectivity index (χ2v) is 8.23. The zero-order chi connectivity index (χ0) is 19.5. The van der Waals surface area contributed by atoms with Gasteiger partial charge in [-0.1, -0.05) is 48.0 Å². The van der Waals surface area contributed by atoms with Gasteiger partial charge in [0.15, 0.2) is 0 Å². The molecule has 28 heavy (non-hydrogen) atoms. The molecule has 0 radical (unpaired) electrons. The van der Waals surface area contributed by atoms with Crippen molar-refractivity contribution in [2.45, 2.75) is 45.9 Å². The fourth-order valence-electron chi connectivity index (χ4n) is 4.34. The Labute approximate surface area is 168 Å². The molecule has 2 unspecified atom stereocenters. The number of nitrogens with zero attached hydrogens (tertiary/aromatic N) is 2. The Morgan fingerprint density at radius 3 is 2.29 bits per heavy atom. The SMILES string of the molecule is Cc1ccc(CN2CC(C)N(Cc3cccc(-c4ccco4)c3)C(C)C2)cc1. The van der Waals surface area contributed by atoms with Crippen LogP contribution in [0, 0.1) is 6.92 Å². The molecule has 0 bridgehead atoms. The number of hydrogen-bond acceptors (Lipinski definition) is 3. The van der Waals surface area contributed by atoms with E-state index in [4.69, 9.17) is 4.42 Å². The summed E-state index contributed by atoms with van der Waals surface area (Å²) in [4.78, 5) is 5.22. The number of furan rings is 1. The monoisotopic (exact) mass is 374 g/mol. The van der Waals surface area contributed by atoms with Crippen LogP contribution < -0.4 is 0 Å². The molecule has 3 nitrogen and oxygen atoms in total. The van der Waals surface area contributed by atoms with Gasteiger partial charge < -0.3 is 4.42 Å². The summed E-state index contributed by atoms with van der Waals surface area (Å²) >= 11 is 0. The van der Waals surface area contributed by atoms with Crippen LogP contribution in [0.15, 0.2) is 71.3 Å². The van der Waals surface area contributed by atoms with E-state index < -0.39 is 0 Å². The summed E-state index contributed by atoms with van der Waals surface area (Å²) in [7, 11) is 0. The van der Waals surface area contributed by atoms with E-state index in [1.54, 1.807) is 6.26 Å². The molecule has 2 heterocycles. The van der Waals surface area contributed by atoms with Gasteiger partial charge in [-0.3, -0.25) is 9.80 Å². The van der Waals surface area contributed by atoms with Crippen molar-refractivity contribution in [3.63, 3.8) is 0 Å². The van der Waals surface area contributed by atoms with Crippen molar-refractivity contribution in [3.8, 4) is 11.3 Å². The lowest BCUT2D eigenvalue weighted by molar-refractivity contribution is 0.0290. The van der Waals surface area contributed by atoms with Gasteiger partial charge in [0.25, 0.3) is 0 Å². The largest absolute Gasteiger partial charge is 0.464 e. The van der Waals surface area contributed by atoms with E-state index in [1.807, 2.05) is 12.1 Å². The van der Waals surface area contributed by atoms with Gasteiger partial charge in [-0.25, -0.2) is 0 Å². The molecule has 2 aromatic carbocycles. The number of hydrogen-bond donors (Lipinski definition) is 0. The molecule has 146 valence electrons. The van der Waals surface area contributed by atoms with Crippen molar-refractivity contribution >= 4 is 0 Å². The Hall–Kier alpha value is -2.36. The van der Waals surface area contributed by atoms with Gasteiger partial charge in [-0.05, 0) is 50.1 Å². The third-order valence-corrected chi connectivity index (χ3v) is 5.80. The van der Waals surface area contributed by atoms with Crippen molar-refractivity contribution in [1.82, 2.24) is 9.80 Å². The Bertz CT molecular complexity index is 873. The molecular formula is C25H30N2O. The molecule has 0 N–H and O–H groups in total. The Balaban J connectivity index is 1.41. The zero-order valence-electron chi connectivity index (χ0n) is 17.1. The van der Waals surface area contributed by atoms with Crippen LogP contribution in [0.5, 0.6) is 0 Å². The van der Waals surface area contributed by atoms with Crippen LogP contribution >= 0.6 is 0 Å². The Morgan fingerprint density at radius 1 is 0.857 bits per heavy atom. The van der Waals surface area contributed by atoms with E-state index in [1.165, 1.54) is 16.7 Å². The van der Waals surface area contributed by atoms with E-state index in [0.717, 1.165) is 37.5 Å². The van der Waals surface area contributed by atoms with Crippen molar-refractivity contribution in [3.05, 3.63) is 83.6 Å². The van der Waals surface area contributed by atoms with E-state index >= 15 is 0 Å². The molecule has 0 amide bonds. The molecule has 0 spiro atoms. The lowest BCUT2D eigenvalue weighted by atomic mass is 10.0. The first-order valence-electron chi connectivity index (χ1n) is 10.2. The molecule has 3 aromatic rings. The minimum Gasteiger partial charge on any atom is -0.464 e. The van der Waals surface area contributed by atoms with E-state index in [-0.39, 0.29) is 0 Å². The first kappa shape index (κ1) is 19.0. The van der Waals surface area contributed by atoms with E-state index in [9.17, 15) is 0 Å². The summed E-state index contributed by atoms with van der Waals surface area (Å²) in [5.74, 6) is 0.936. The second-order valence-electron chi connectivity index (χ2n) is 8.23. The summed E-state index contributed by atoms with van der Waals surface area (Å²) in [5, 5.41) is 0. The highest BCUT2D eigenvalue weighted by Gasteiger charge is 2.29. The normalized spacial score (nSPS) is 21.1. The number of aryl methyl sites for hydroxylation is 1. The second kappa shape index (κ2) is 8.34. The summed E-state index contributed by atoms with van der Waals surface area (Å²) in [6.45, 7) is 11.1. The minimum atomic E-state index is 0.529. The number of piperazine rings is 1. The van der Waals surface area contributed by atoms with Crippen molar-refractivity contribution in [2.75, 3.05) is 13.1 Å². The van der Waals surface area contributed by atoms with Gasteiger partial charge in [0, 0.05) is 43.8 Å². The van der Waals surface area contributed by atoms with Crippen molar-refractivity contribution in [1.29, 1.82) is 0 Å². The number of rotatable bonds is 5. The fourth-order valence-corrected chi connectivity index (χ4v) is 4.34. The highest BCUT2D eigenvalue weighted by atomic mass is 16.3. The van der Waals surface area contributed by atoms with Crippen LogP contribution in [-0.4, -0.2) is 35.0 Å². The molecule has 2 atom stereocenters. The quantitative estimate of drug-likeness (QED) is 0.600. The van der Waals surface area contributed by atoms with Crippen LogP contribution in [0.2, 0.25) is 0 Å². The van der Waals surface area contributed by atoms with Crippen molar-refractivity contribution < 1.29 is 4.42 Å². The maximum Gasteiger partial charge on any atom is 0.133 e. The lowest BCUT2D eigenvalue weighted by Gasteiger charge is -2.44. The first-order valence-corrected chi connectivity index (χ1v) is 10.2. The van der Waals surface area contributed by atoms with E-state index in [0.29, 0.717) is 12.1 Å². The molecule has 4 rings (SSSR count). The predicted molar refractivity (Wildman–Crippen MR) is 115 cm³/mol. The molecule has 3 heteroatoms. The first-order chi connectivity index (χ1) is 13.6. The molecule has 1 fully saturated rings. The molecular weight excluding hydrogens is 344 g/mol. The molecule has 0 saturated carbocycles. The maximum atomic E-state index is 5.56. The van der Waals surface area contributed by atoms with Crippen LogP contribution in [0.4, 0.5) is 0 Å². The van der Waals surface area contributed by atoms with Crippen LogP contribution in [0.25, 0.3) is 11.3 Å². The third-order valence-electron chi connectivity index (χ3n) is 5.80. The van der Waals surface area contributed by atoms with Gasteiger partial charge in [-0.2, -0.15) is 0 Å². The van der Waals surface area contributed by atoms with Gasteiger partial charge in [0.2, 0.25) is 0 Å². The minimum absolute atomic E-state index is 0.529. The standard InChI is InChI=1S/C25H30N2O/c1-19-9-11-22(12-10-19)17-26-15-20(2)27(21(3)16-26)18-23-6-4-7-24(14-23)25-8-5-13-28-25/h4-14,20-21H,15-18H2,1-3H3. The molecule has 1 aliphatic heterocycles. The summed E-state index contributed by atoms with van der Waals surface area (Å²) in [5.41, 5.74) is 5.23. The zero-order valence-corrected chi connectivity index (χ0v) is 17.1. The topological polar surface area (TPSA) is 19.6 Å². The highest BCUT2D eigenvalue weighted by Crippen LogP contribution is 2.24. The average Bonchev–Trinajstić information content (AvgIpc) is 3.22. The van der Waals surface area contributed by atoms with Crippen LogP contribution in [0.3, 0.4) is 0 Å². The maximum absolute atomic E-state index is 5.56. The van der Waals surface area contributed by atoms with Gasteiger partial charge in [0.1, 0.15) is 5.76 Å². The van der Waals surface area contributed by atoms with Gasteiger partial charge in [-0.15, -0.1) is 0 Å². The lowest BCUT2D eigenvalue weighted by Crippen LogP contribution is -2.55. The molecule has 1 aromatic heterocycles. The summed E-state index contributed by atoms with van der Waals surface area (Å²) in [6.07, 6.45) is 1.74. The molecule has 0 aliphatic carbocycles. The summed E-state index contributed by atoms with van der Waals surface area (Å²) in [6, 6.07) is 22.7. The summed E-state index contributed by atoms with van der Waals surface area (Å²) < 4.78 is 5.56. The van der Waals surface area contributed by atoms with Gasteiger partial charge >= 0.3 is 0 Å². The van der Waals surface area contributed by atoms with Gasteiger partial charge in [0.05, 0.1) is 6.26 Å². The van der Waals surface area contributed by atoms with E-state index in [2.05, 4.69) is 79.1 Å². The number of benzene rings is 2. The van der Waals surface area contributed by atoms with Crippen LogP contribution in [0.1, 0.15) is 30.5 Å². The smallest absolute Gasteiger partial charge is 0.133 e. The highest BCUT2D eigenvalue weighted by molar-refractivity contribution is 5.58. The van der Waals surface area contributed by atoms with Crippen LogP contribution in [-0.2, 0) is 13.1 Å². The predicted octanol–water partition coefficient (Wildman–Crippen LogP) is 5.35. The average molecular weight is 375 g/mol. The third kappa shape index (κ3) is 4.37. The van der Waals surface area contributed by atoms with Crippen molar-refractivity contribution in [2.24, 2.45) is 0 Å². The Kier molecular flexibility index (Phi) is 5.65. The fraction of sp³-hybridized carbons (Fsp3) is 0.360.